The van der Waals surface area contributed by atoms with Crippen LogP contribution in [-0.4, -0.2) is 64.5 Å². The van der Waals surface area contributed by atoms with Gasteiger partial charge < -0.3 is 9.47 Å². The van der Waals surface area contributed by atoms with Gasteiger partial charge in [-0.3, -0.25) is 18.8 Å². The van der Waals surface area contributed by atoms with E-state index in [0.29, 0.717) is 24.3 Å². The van der Waals surface area contributed by atoms with Gasteiger partial charge in [0.2, 0.25) is 0 Å². The molecule has 5 atom stereocenters. The Morgan fingerprint density at radius 1 is 1.00 bits per heavy atom. The largest absolute Gasteiger partial charge is 0.497 e. The first kappa shape index (κ1) is 24.4. The van der Waals surface area contributed by atoms with E-state index < -0.39 is 38.8 Å². The Labute approximate surface area is 217 Å². The van der Waals surface area contributed by atoms with Gasteiger partial charge in [-0.2, -0.15) is 0 Å². The maximum atomic E-state index is 14.4. The second-order valence-corrected chi connectivity index (χ2v) is 12.6. The Morgan fingerprint density at radius 3 is 2.41 bits per heavy atom. The molecule has 3 aliphatic heterocycles. The lowest BCUT2D eigenvalue weighted by atomic mass is 9.49. The van der Waals surface area contributed by atoms with Crippen molar-refractivity contribution in [3.05, 3.63) is 54.1 Å². The van der Waals surface area contributed by atoms with Crippen molar-refractivity contribution in [3.63, 3.8) is 0 Å². The number of nitrogens with zero attached hydrogens (tertiary/aromatic N) is 2. The van der Waals surface area contributed by atoms with E-state index in [1.54, 1.807) is 31.2 Å². The number of sulfonamides is 1. The second-order valence-electron chi connectivity index (χ2n) is 10.8. The summed E-state index contributed by atoms with van der Waals surface area (Å²) in [5.41, 5.74) is 0.0749. The lowest BCUT2D eigenvalue weighted by Crippen LogP contribution is -2.70. The first-order chi connectivity index (χ1) is 17.7. The summed E-state index contributed by atoms with van der Waals surface area (Å²) < 4.78 is 40.8. The molecule has 1 aliphatic carbocycles. The maximum Gasteiger partial charge on any atom is 0.310 e. The lowest BCUT2D eigenvalue weighted by Gasteiger charge is -2.59. The number of anilines is 1. The van der Waals surface area contributed by atoms with Crippen LogP contribution >= 0.6 is 0 Å². The normalized spacial score (nSPS) is 32.3. The Hall–Kier alpha value is -2.91. The van der Waals surface area contributed by atoms with Crippen LogP contribution in [0.15, 0.2) is 53.4 Å². The summed E-state index contributed by atoms with van der Waals surface area (Å²) in [5, 5.41) is 0. The number of Topliss-reactive ketones (excluding diaryl/α,β-unsaturated/α-hetero) is 1. The smallest absolute Gasteiger partial charge is 0.310 e. The number of hydrogen-bond acceptors (Lipinski definition) is 7. The summed E-state index contributed by atoms with van der Waals surface area (Å²) in [6.45, 7) is 3.26. The molecule has 0 unspecified atom stereocenters. The number of esters is 1. The second kappa shape index (κ2) is 8.30. The van der Waals surface area contributed by atoms with Gasteiger partial charge in [-0.05, 0) is 81.6 Å². The molecule has 9 heteroatoms. The predicted molar refractivity (Wildman–Crippen MR) is 137 cm³/mol. The van der Waals surface area contributed by atoms with Crippen molar-refractivity contribution < 1.29 is 27.5 Å². The molecule has 3 fully saturated rings. The number of fused-ring (bicyclic) bond motifs is 1. The third kappa shape index (κ3) is 3.07. The summed E-state index contributed by atoms with van der Waals surface area (Å²) in [4.78, 5) is 29.5. The number of para-hydroxylation sites is 1. The van der Waals surface area contributed by atoms with Gasteiger partial charge in [0.1, 0.15) is 11.5 Å². The molecule has 8 nitrogen and oxygen atoms in total. The third-order valence-corrected chi connectivity index (χ3v) is 11.3. The minimum absolute atomic E-state index is 0.0739. The van der Waals surface area contributed by atoms with Crippen molar-refractivity contribution >= 4 is 27.5 Å². The zero-order valence-corrected chi connectivity index (χ0v) is 22.2. The summed E-state index contributed by atoms with van der Waals surface area (Å²) >= 11 is 0. The summed E-state index contributed by atoms with van der Waals surface area (Å²) in [6, 6.07) is 13.1. The molecule has 0 radical (unpaired) electrons. The van der Waals surface area contributed by atoms with Crippen molar-refractivity contribution in [1.82, 2.24) is 4.90 Å². The number of piperidine rings is 1. The third-order valence-electron chi connectivity index (χ3n) is 9.47. The Bertz CT molecular complexity index is 1380. The highest BCUT2D eigenvalue weighted by molar-refractivity contribution is 7.93. The standard InChI is InChI=1S/C28H32N2O6S/c1-18(31)27-13-6-15-29-16-14-28(26(27)29)22-7-4-5-8-23(22)30(24(28)21(17-27)25(32)36-3)37(33,34)20-11-9-19(35-2)10-12-20/h4-5,7-12,21,24,26H,6,13-17H2,1-3H3/t21-,24+,26+,27+,28+/m1/s1. The van der Waals surface area contributed by atoms with Gasteiger partial charge in [0.25, 0.3) is 10.0 Å². The number of ketones is 1. The highest BCUT2D eigenvalue weighted by Crippen LogP contribution is 2.67. The minimum atomic E-state index is -4.06. The fourth-order valence-electron chi connectivity index (χ4n) is 8.16. The number of benzene rings is 2. The summed E-state index contributed by atoms with van der Waals surface area (Å²) in [7, 11) is -1.19. The van der Waals surface area contributed by atoms with Gasteiger partial charge in [0.15, 0.2) is 0 Å². The van der Waals surface area contributed by atoms with E-state index in [2.05, 4.69) is 4.90 Å². The number of carbonyl (C=O) groups excluding carboxylic acids is 2. The predicted octanol–water partition coefficient (Wildman–Crippen LogP) is 3.15. The van der Waals surface area contributed by atoms with Crippen molar-refractivity contribution in [2.75, 3.05) is 31.6 Å². The van der Waals surface area contributed by atoms with Gasteiger partial charge in [0.05, 0.1) is 36.8 Å². The average Bonchev–Trinajstić information content (AvgIpc) is 3.45. The lowest BCUT2D eigenvalue weighted by molar-refractivity contribution is -0.158. The molecule has 6 rings (SSSR count). The Morgan fingerprint density at radius 2 is 1.73 bits per heavy atom. The fourth-order valence-corrected chi connectivity index (χ4v) is 9.92. The van der Waals surface area contributed by atoms with Crippen LogP contribution in [0, 0.1) is 11.3 Å². The quantitative estimate of drug-likeness (QED) is 0.555. The number of ether oxygens (including phenoxy) is 2. The summed E-state index contributed by atoms with van der Waals surface area (Å²) in [6.07, 6.45) is 2.53. The highest BCUT2D eigenvalue weighted by Gasteiger charge is 2.74. The van der Waals surface area contributed by atoms with Gasteiger partial charge in [-0.25, -0.2) is 8.42 Å². The zero-order valence-electron chi connectivity index (χ0n) is 21.3. The number of carbonyl (C=O) groups is 2. The van der Waals surface area contributed by atoms with Crippen LogP contribution in [-0.2, 0) is 29.8 Å². The molecule has 0 N–H and O–H groups in total. The Kier molecular flexibility index (Phi) is 5.48. The fraction of sp³-hybridized carbons (Fsp3) is 0.500. The monoisotopic (exact) mass is 524 g/mol. The molecule has 37 heavy (non-hydrogen) atoms. The van der Waals surface area contributed by atoms with Crippen molar-refractivity contribution in [2.45, 2.75) is 55.0 Å². The molecule has 1 saturated carbocycles. The van der Waals surface area contributed by atoms with Gasteiger partial charge in [-0.1, -0.05) is 18.2 Å². The maximum absolute atomic E-state index is 14.4. The number of hydrogen-bond donors (Lipinski definition) is 0. The zero-order chi connectivity index (χ0) is 26.2. The van der Waals surface area contributed by atoms with Crippen LogP contribution in [0.1, 0.15) is 38.2 Å². The molecule has 2 aromatic rings. The molecule has 0 amide bonds. The first-order valence-corrected chi connectivity index (χ1v) is 14.3. The van der Waals surface area contributed by atoms with E-state index in [-0.39, 0.29) is 23.1 Å². The molecular formula is C28H32N2O6S. The molecule has 2 aromatic carbocycles. The van der Waals surface area contributed by atoms with Crippen LogP contribution in [0.3, 0.4) is 0 Å². The molecule has 196 valence electrons. The minimum Gasteiger partial charge on any atom is -0.497 e. The average molecular weight is 525 g/mol. The van der Waals surface area contributed by atoms with Crippen molar-refractivity contribution in [1.29, 1.82) is 0 Å². The van der Waals surface area contributed by atoms with Crippen LogP contribution < -0.4 is 9.04 Å². The van der Waals surface area contributed by atoms with E-state index in [4.69, 9.17) is 9.47 Å². The molecule has 0 aromatic heterocycles. The van der Waals surface area contributed by atoms with Gasteiger partial charge >= 0.3 is 5.97 Å². The van der Waals surface area contributed by atoms with Gasteiger partial charge in [-0.15, -0.1) is 0 Å². The van der Waals surface area contributed by atoms with E-state index in [1.807, 2.05) is 24.3 Å². The number of methoxy groups -OCH3 is 2. The van der Waals surface area contributed by atoms with E-state index in [9.17, 15) is 18.0 Å². The van der Waals surface area contributed by atoms with Crippen molar-refractivity contribution in [2.24, 2.45) is 11.3 Å². The molecule has 1 spiro atoms. The van der Waals surface area contributed by atoms with Crippen LogP contribution in [0.4, 0.5) is 5.69 Å². The molecule has 2 saturated heterocycles. The van der Waals surface area contributed by atoms with Gasteiger partial charge in [0, 0.05) is 16.9 Å². The van der Waals surface area contributed by atoms with Crippen LogP contribution in [0.5, 0.6) is 5.75 Å². The topological polar surface area (TPSA) is 93.2 Å². The molecule has 0 bridgehead atoms. The van der Waals surface area contributed by atoms with E-state index >= 15 is 0 Å². The molecule has 3 heterocycles. The first-order valence-electron chi connectivity index (χ1n) is 12.8. The van der Waals surface area contributed by atoms with Crippen LogP contribution in [0.25, 0.3) is 0 Å². The summed E-state index contributed by atoms with van der Waals surface area (Å²) in [5.74, 6) is -0.606. The Balaban J connectivity index is 1.62. The van der Waals surface area contributed by atoms with Crippen molar-refractivity contribution in [3.8, 4) is 5.75 Å². The SMILES string of the molecule is COC(=O)[C@@H]1C[C@]2(C(C)=O)CCCN3CC[C@@]4(c5ccccc5N(S(=O)(=O)c5ccc(OC)cc5)[C@@H]14)[C@@H]32. The van der Waals surface area contributed by atoms with Crippen LogP contribution in [0.2, 0.25) is 0 Å². The highest BCUT2D eigenvalue weighted by atomic mass is 32.2. The molecule has 4 aliphatic rings. The number of rotatable bonds is 5. The van der Waals surface area contributed by atoms with E-state index in [1.165, 1.54) is 18.5 Å². The van der Waals surface area contributed by atoms with E-state index in [0.717, 1.165) is 25.1 Å². The molecular weight excluding hydrogens is 492 g/mol.